The van der Waals surface area contributed by atoms with Crippen LogP contribution in [0, 0.1) is 5.82 Å². The van der Waals surface area contributed by atoms with Gasteiger partial charge in [0.25, 0.3) is 0 Å². The van der Waals surface area contributed by atoms with E-state index in [9.17, 15) is 27.2 Å². The molecule has 0 fully saturated rings. The van der Waals surface area contributed by atoms with E-state index < -0.39 is 30.4 Å². The number of hydrogen-bond donors (Lipinski definition) is 2. The molecule has 0 radical (unpaired) electrons. The van der Waals surface area contributed by atoms with E-state index >= 15 is 0 Å². The molecule has 0 aliphatic heterocycles. The van der Waals surface area contributed by atoms with Crippen LogP contribution < -0.4 is 20.9 Å². The van der Waals surface area contributed by atoms with Crippen LogP contribution in [0.2, 0.25) is 0 Å². The minimum atomic E-state index is -4.29. The molecule has 0 unspecified atom stereocenters. The SMILES string of the molecule is Nc1cc(N)cc(COC(=O)C=Cc2ccc(OC(=O)c3ccc(OCCCC(F)(F)F)cc3F)cc2)c1. The van der Waals surface area contributed by atoms with Gasteiger partial charge in [0, 0.05) is 29.9 Å². The van der Waals surface area contributed by atoms with E-state index in [-0.39, 0.29) is 36.7 Å². The quantitative estimate of drug-likeness (QED) is 0.0862. The molecule has 0 spiro atoms. The summed E-state index contributed by atoms with van der Waals surface area (Å²) in [6.45, 7) is -0.256. The molecule has 3 aromatic rings. The summed E-state index contributed by atoms with van der Waals surface area (Å²) < 4.78 is 66.2. The zero-order valence-electron chi connectivity index (χ0n) is 20.0. The standard InChI is InChI=1S/C27H24F4N2O5/c28-24-15-22(36-11-1-10-27(29,30)31)7-8-23(24)26(35)38-21-5-2-17(3-6-21)4-9-25(34)37-16-18-12-19(32)14-20(33)13-18/h2-9,12-15H,1,10-11,16,32-33H2. The Morgan fingerprint density at radius 2 is 1.55 bits per heavy atom. The highest BCUT2D eigenvalue weighted by molar-refractivity contribution is 5.91. The van der Waals surface area contributed by atoms with Gasteiger partial charge in [0.05, 0.1) is 12.2 Å². The number of carbonyl (C=O) groups excluding carboxylic acids is 2. The van der Waals surface area contributed by atoms with Gasteiger partial charge in [-0.3, -0.25) is 0 Å². The fourth-order valence-electron chi connectivity index (χ4n) is 3.22. The lowest BCUT2D eigenvalue weighted by Crippen LogP contribution is -2.11. The van der Waals surface area contributed by atoms with E-state index in [1.807, 2.05) is 0 Å². The second kappa shape index (κ2) is 12.6. The van der Waals surface area contributed by atoms with Crippen LogP contribution in [0.25, 0.3) is 6.08 Å². The van der Waals surface area contributed by atoms with Crippen molar-refractivity contribution in [3.63, 3.8) is 0 Å². The summed E-state index contributed by atoms with van der Waals surface area (Å²) in [5.74, 6) is -2.39. The van der Waals surface area contributed by atoms with Crippen molar-refractivity contribution in [2.24, 2.45) is 0 Å². The lowest BCUT2D eigenvalue weighted by molar-refractivity contribution is -0.139. The van der Waals surface area contributed by atoms with Gasteiger partial charge in [-0.25, -0.2) is 14.0 Å². The molecule has 0 aliphatic carbocycles. The largest absolute Gasteiger partial charge is 0.493 e. The number of nitrogen functional groups attached to an aromatic ring is 2. The Labute approximate surface area is 215 Å². The predicted molar refractivity (Wildman–Crippen MR) is 133 cm³/mol. The number of halogens is 4. The van der Waals surface area contributed by atoms with Crippen LogP contribution in [0.3, 0.4) is 0 Å². The summed E-state index contributed by atoms with van der Waals surface area (Å²) in [5.41, 5.74) is 13.2. The molecule has 0 heterocycles. The first-order valence-corrected chi connectivity index (χ1v) is 11.3. The fourth-order valence-corrected chi connectivity index (χ4v) is 3.22. The number of anilines is 2. The smallest absolute Gasteiger partial charge is 0.389 e. The lowest BCUT2D eigenvalue weighted by atomic mass is 10.2. The molecular formula is C27H24F4N2O5. The number of rotatable bonds is 10. The third-order valence-corrected chi connectivity index (χ3v) is 4.95. The minimum Gasteiger partial charge on any atom is -0.493 e. The second-order valence-electron chi connectivity index (χ2n) is 8.12. The Kier molecular flexibility index (Phi) is 9.31. The van der Waals surface area contributed by atoms with Gasteiger partial charge in [0.15, 0.2) is 0 Å². The molecule has 4 N–H and O–H groups in total. The van der Waals surface area contributed by atoms with Crippen LogP contribution in [0.5, 0.6) is 11.5 Å². The van der Waals surface area contributed by atoms with E-state index in [1.54, 1.807) is 30.3 Å². The van der Waals surface area contributed by atoms with Crippen LogP contribution in [-0.2, 0) is 16.1 Å². The van der Waals surface area contributed by atoms with Crippen molar-refractivity contribution in [2.75, 3.05) is 18.1 Å². The minimum absolute atomic E-state index is 0.00494. The molecule has 200 valence electrons. The van der Waals surface area contributed by atoms with Crippen molar-refractivity contribution in [1.82, 2.24) is 0 Å². The summed E-state index contributed by atoms with van der Waals surface area (Å²) in [6, 6.07) is 14.2. The van der Waals surface area contributed by atoms with Crippen LogP contribution in [0.1, 0.15) is 34.3 Å². The van der Waals surface area contributed by atoms with Crippen LogP contribution in [0.4, 0.5) is 28.9 Å². The van der Waals surface area contributed by atoms with Crippen molar-refractivity contribution in [3.8, 4) is 11.5 Å². The van der Waals surface area contributed by atoms with Gasteiger partial charge in [-0.15, -0.1) is 0 Å². The first-order valence-electron chi connectivity index (χ1n) is 11.3. The number of nitrogens with two attached hydrogens (primary N) is 2. The van der Waals surface area contributed by atoms with E-state index in [0.717, 1.165) is 12.1 Å². The van der Waals surface area contributed by atoms with Crippen molar-refractivity contribution in [2.45, 2.75) is 25.6 Å². The molecule has 7 nitrogen and oxygen atoms in total. The van der Waals surface area contributed by atoms with Gasteiger partial charge in [-0.05, 0) is 66.1 Å². The third kappa shape index (κ3) is 9.16. The number of carbonyl (C=O) groups is 2. The summed E-state index contributed by atoms with van der Waals surface area (Å²) in [6.07, 6.45) is -2.87. The van der Waals surface area contributed by atoms with Crippen molar-refractivity contribution in [1.29, 1.82) is 0 Å². The monoisotopic (exact) mass is 532 g/mol. The predicted octanol–water partition coefficient (Wildman–Crippen LogP) is 5.69. The van der Waals surface area contributed by atoms with Crippen molar-refractivity contribution < 1.29 is 41.4 Å². The lowest BCUT2D eigenvalue weighted by Gasteiger charge is -2.10. The van der Waals surface area contributed by atoms with Gasteiger partial charge < -0.3 is 25.7 Å². The zero-order chi connectivity index (χ0) is 27.7. The molecule has 11 heteroatoms. The molecule has 0 atom stereocenters. The maximum absolute atomic E-state index is 14.3. The van der Waals surface area contributed by atoms with Crippen LogP contribution in [0.15, 0.2) is 66.7 Å². The van der Waals surface area contributed by atoms with Crippen LogP contribution >= 0.6 is 0 Å². The molecule has 3 rings (SSSR count). The number of esters is 2. The summed E-state index contributed by atoms with van der Waals surface area (Å²) in [7, 11) is 0. The molecule has 0 aliphatic rings. The highest BCUT2D eigenvalue weighted by Gasteiger charge is 2.26. The summed E-state index contributed by atoms with van der Waals surface area (Å²) in [4.78, 5) is 24.3. The normalized spacial score (nSPS) is 11.4. The van der Waals surface area contributed by atoms with E-state index in [0.29, 0.717) is 22.5 Å². The van der Waals surface area contributed by atoms with Gasteiger partial charge in [-0.1, -0.05) is 12.1 Å². The van der Waals surface area contributed by atoms with Crippen molar-refractivity contribution >= 4 is 29.4 Å². The number of benzene rings is 3. The van der Waals surface area contributed by atoms with E-state index in [1.165, 1.54) is 30.4 Å². The van der Waals surface area contributed by atoms with Gasteiger partial charge in [0.2, 0.25) is 0 Å². The highest BCUT2D eigenvalue weighted by atomic mass is 19.4. The Balaban J connectivity index is 1.49. The summed E-state index contributed by atoms with van der Waals surface area (Å²) >= 11 is 0. The van der Waals surface area contributed by atoms with Crippen LogP contribution in [-0.4, -0.2) is 24.7 Å². The molecule has 38 heavy (non-hydrogen) atoms. The average Bonchev–Trinajstić information content (AvgIpc) is 2.84. The van der Waals surface area contributed by atoms with Crippen molar-refractivity contribution in [3.05, 3.63) is 89.2 Å². The molecule has 0 amide bonds. The Hall–Kier alpha value is -4.54. The second-order valence-corrected chi connectivity index (χ2v) is 8.12. The molecule has 0 saturated heterocycles. The molecular weight excluding hydrogens is 508 g/mol. The molecule has 0 saturated carbocycles. The first kappa shape index (κ1) is 28.0. The Morgan fingerprint density at radius 1 is 0.895 bits per heavy atom. The topological polar surface area (TPSA) is 114 Å². The molecule has 0 bridgehead atoms. The zero-order valence-corrected chi connectivity index (χ0v) is 20.0. The molecule has 0 aromatic heterocycles. The first-order chi connectivity index (χ1) is 18.0. The van der Waals surface area contributed by atoms with E-state index in [4.69, 9.17) is 25.7 Å². The maximum Gasteiger partial charge on any atom is 0.389 e. The highest BCUT2D eigenvalue weighted by Crippen LogP contribution is 2.23. The fraction of sp³-hybridized carbons (Fsp3) is 0.185. The summed E-state index contributed by atoms with van der Waals surface area (Å²) in [5, 5.41) is 0. The Bertz CT molecular complexity index is 1290. The Morgan fingerprint density at radius 3 is 2.18 bits per heavy atom. The van der Waals surface area contributed by atoms with Gasteiger partial charge in [-0.2, -0.15) is 13.2 Å². The van der Waals surface area contributed by atoms with Gasteiger partial charge in [0.1, 0.15) is 23.9 Å². The average molecular weight is 532 g/mol. The third-order valence-electron chi connectivity index (χ3n) is 4.95. The maximum atomic E-state index is 14.3. The van der Waals surface area contributed by atoms with E-state index in [2.05, 4.69) is 0 Å². The number of alkyl halides is 3. The van der Waals surface area contributed by atoms with Gasteiger partial charge >= 0.3 is 18.1 Å². The molecule has 3 aromatic carbocycles. The number of ether oxygens (including phenoxy) is 3. The number of hydrogen-bond acceptors (Lipinski definition) is 7.